The topological polar surface area (TPSA) is 8.17 Å². The van der Waals surface area contributed by atoms with Crippen molar-refractivity contribution in [1.29, 1.82) is 0 Å². The fourth-order valence-electron chi connectivity index (χ4n) is 12.8. The van der Waals surface area contributed by atoms with E-state index in [-0.39, 0.29) is 17.9 Å². The molecule has 7 aliphatic carbocycles. The van der Waals surface area contributed by atoms with E-state index < -0.39 is 0 Å². The Kier molecular flexibility index (Phi) is 9.78. The molecule has 0 saturated heterocycles. The van der Waals surface area contributed by atoms with Crippen LogP contribution in [0.4, 0.5) is 5.69 Å². The molecule has 0 bridgehead atoms. The minimum atomic E-state index is 0.149. The van der Waals surface area contributed by atoms with Gasteiger partial charge in [0.25, 0.3) is 0 Å². The van der Waals surface area contributed by atoms with Crippen molar-refractivity contribution in [1.82, 2.24) is 4.57 Å². The largest absolute Gasteiger partial charge is 0.334 e. The molecule has 2 heteroatoms. The average Bonchev–Trinajstić information content (AvgIpc) is 4.00. The summed E-state index contributed by atoms with van der Waals surface area (Å²) in [4.78, 5) is 2.72. The van der Waals surface area contributed by atoms with E-state index in [4.69, 9.17) is 0 Å². The number of fused-ring (bicyclic) bond motifs is 6. The third-order valence-corrected chi connectivity index (χ3v) is 15.8. The molecule has 7 aliphatic rings. The van der Waals surface area contributed by atoms with Gasteiger partial charge in [0, 0.05) is 40.0 Å². The summed E-state index contributed by atoms with van der Waals surface area (Å²) >= 11 is 0. The average molecular weight is 865 g/mol. The number of aromatic nitrogens is 1. The zero-order valence-electron chi connectivity index (χ0n) is 38.6. The molecule has 0 radical (unpaired) electrons. The lowest BCUT2D eigenvalue weighted by atomic mass is 9.66. The molecular formula is C65H56N2. The van der Waals surface area contributed by atoms with Crippen LogP contribution in [-0.4, -0.2) is 10.6 Å². The molecular weight excluding hydrogens is 809 g/mol. The Morgan fingerprint density at radius 2 is 1.39 bits per heavy atom. The maximum atomic E-state index is 2.72. The van der Waals surface area contributed by atoms with Gasteiger partial charge < -0.3 is 9.47 Å². The molecule has 0 N–H and O–H groups in total. The van der Waals surface area contributed by atoms with Gasteiger partial charge in [-0.2, -0.15) is 0 Å². The number of hydrogen-bond acceptors (Lipinski definition) is 1. The van der Waals surface area contributed by atoms with Crippen LogP contribution in [0.1, 0.15) is 86.2 Å². The summed E-state index contributed by atoms with van der Waals surface area (Å²) in [5.41, 5.74) is 21.0. The zero-order chi connectivity index (χ0) is 44.6. The van der Waals surface area contributed by atoms with Crippen molar-refractivity contribution in [3.05, 3.63) is 242 Å². The third-order valence-electron chi connectivity index (χ3n) is 15.8. The number of para-hydroxylation sites is 2. The Morgan fingerprint density at radius 3 is 2.19 bits per heavy atom. The first-order chi connectivity index (χ1) is 33.2. The van der Waals surface area contributed by atoms with E-state index in [0.29, 0.717) is 5.92 Å². The molecule has 0 fully saturated rings. The van der Waals surface area contributed by atoms with Crippen LogP contribution in [-0.2, 0) is 6.42 Å². The molecule has 0 saturated carbocycles. The summed E-state index contributed by atoms with van der Waals surface area (Å²) in [7, 11) is 0. The van der Waals surface area contributed by atoms with Crippen LogP contribution in [0.15, 0.2) is 204 Å². The van der Waals surface area contributed by atoms with Crippen LogP contribution < -0.4 is 15.3 Å². The summed E-state index contributed by atoms with van der Waals surface area (Å²) in [5, 5.41) is 7.09. The van der Waals surface area contributed by atoms with Crippen molar-refractivity contribution in [3.8, 4) is 0 Å². The maximum Gasteiger partial charge on any atom is 0.0561 e. The highest BCUT2D eigenvalue weighted by molar-refractivity contribution is 6.06. The summed E-state index contributed by atoms with van der Waals surface area (Å²) in [6.07, 6.45) is 41.6. The molecule has 326 valence electrons. The van der Waals surface area contributed by atoms with Crippen molar-refractivity contribution in [2.24, 2.45) is 11.8 Å². The molecule has 0 aliphatic heterocycles. The third kappa shape index (κ3) is 6.44. The monoisotopic (exact) mass is 864 g/mol. The van der Waals surface area contributed by atoms with E-state index in [1.165, 1.54) is 111 Å². The van der Waals surface area contributed by atoms with Crippen molar-refractivity contribution < 1.29 is 0 Å². The van der Waals surface area contributed by atoms with Gasteiger partial charge in [-0.05, 0) is 171 Å². The first kappa shape index (κ1) is 40.1. The van der Waals surface area contributed by atoms with Crippen molar-refractivity contribution >= 4 is 62.4 Å². The summed E-state index contributed by atoms with van der Waals surface area (Å²) in [6, 6.07) is 40.7. The van der Waals surface area contributed by atoms with Gasteiger partial charge in [-0.15, -0.1) is 0 Å². The molecule has 13 rings (SSSR count). The predicted octanol–water partition coefficient (Wildman–Crippen LogP) is 14.7. The highest BCUT2D eigenvalue weighted by Gasteiger charge is 2.42. The first-order valence-corrected chi connectivity index (χ1v) is 24.9. The van der Waals surface area contributed by atoms with Gasteiger partial charge in [0.15, 0.2) is 0 Å². The SMILES string of the molecule is C/C=C\C1=C(N(c2ccccc2)C2C=CC(n3c4c(c5ccccc53)CCC=C4)=CC2)C2=C(C=CCC2)C(c2c3c(c(C4=C5C=C(c6ccccc6)C=CC54)c4ccccc24)=CCCC=3)C1C. The minimum Gasteiger partial charge on any atom is -0.334 e. The number of benzene rings is 5. The minimum absolute atomic E-state index is 0.149. The van der Waals surface area contributed by atoms with E-state index in [0.717, 1.165) is 44.9 Å². The Hall–Kier alpha value is -7.16. The number of rotatable bonds is 8. The van der Waals surface area contributed by atoms with E-state index >= 15 is 0 Å². The van der Waals surface area contributed by atoms with Gasteiger partial charge in [-0.1, -0.05) is 165 Å². The van der Waals surface area contributed by atoms with Gasteiger partial charge in [-0.3, -0.25) is 0 Å². The Labute approximate surface area is 395 Å². The lowest BCUT2D eigenvalue weighted by Crippen LogP contribution is -2.41. The number of aryl methyl sites for hydroxylation is 1. The molecule has 2 nitrogen and oxygen atoms in total. The predicted molar refractivity (Wildman–Crippen MR) is 285 cm³/mol. The smallest absolute Gasteiger partial charge is 0.0561 e. The molecule has 6 aromatic rings. The van der Waals surface area contributed by atoms with Crippen LogP contribution >= 0.6 is 0 Å². The molecule has 4 unspecified atom stereocenters. The fourth-order valence-corrected chi connectivity index (χ4v) is 12.8. The van der Waals surface area contributed by atoms with Crippen LogP contribution in [0.25, 0.3) is 56.7 Å². The zero-order valence-corrected chi connectivity index (χ0v) is 38.6. The summed E-state index contributed by atoms with van der Waals surface area (Å²) in [5.74, 6) is 0.805. The van der Waals surface area contributed by atoms with Crippen LogP contribution in [0.5, 0.6) is 0 Å². The van der Waals surface area contributed by atoms with Crippen molar-refractivity contribution in [3.63, 3.8) is 0 Å². The number of anilines is 1. The van der Waals surface area contributed by atoms with Crippen LogP contribution in [0.2, 0.25) is 0 Å². The Bertz CT molecular complexity index is 3510. The van der Waals surface area contributed by atoms with E-state index in [1.807, 2.05) is 0 Å². The van der Waals surface area contributed by atoms with Crippen molar-refractivity contribution in [2.45, 2.75) is 70.8 Å². The number of nitrogens with zero attached hydrogens (tertiary/aromatic N) is 2. The second kappa shape index (κ2) is 16.3. The van der Waals surface area contributed by atoms with Gasteiger partial charge in [0.2, 0.25) is 0 Å². The van der Waals surface area contributed by atoms with Crippen molar-refractivity contribution in [2.75, 3.05) is 4.90 Å². The molecule has 0 spiro atoms. The number of hydrogen-bond donors (Lipinski definition) is 0. The molecule has 4 atom stereocenters. The lowest BCUT2D eigenvalue weighted by Gasteiger charge is -2.44. The van der Waals surface area contributed by atoms with Gasteiger partial charge in [0.1, 0.15) is 0 Å². The standard InChI is InChI=1S/C65H56N2/c1-3-20-48-42(2)61(62-51-27-10-12-29-53(51)63(54-30-13-11-28-52(54)62)64-56-40-35-44(41-58(56)64)43-21-6-4-7-22-43)55-31-14-15-32-57(55)65(48)66(45-23-8-5-9-24-45)46-36-38-47(39-37-46)67-59-33-18-16-25-49(59)50-26-17-19-34-60(50)67/h3-10,12,14,16,18-25,27-31,33-36,38-42,46,56,61H,11,13,15,17,26,32,37H2,1-2H3/b20-3-. The van der Waals surface area contributed by atoms with Crippen LogP contribution in [0, 0.1) is 11.8 Å². The molecule has 1 heterocycles. The molecule has 5 aromatic carbocycles. The van der Waals surface area contributed by atoms with Gasteiger partial charge in [-0.25, -0.2) is 0 Å². The van der Waals surface area contributed by atoms with E-state index in [1.54, 1.807) is 0 Å². The number of allylic oxidation sites excluding steroid dienone is 16. The highest BCUT2D eigenvalue weighted by atomic mass is 15.2. The van der Waals surface area contributed by atoms with Gasteiger partial charge in [0.05, 0.1) is 11.6 Å². The van der Waals surface area contributed by atoms with Gasteiger partial charge >= 0.3 is 0 Å². The first-order valence-electron chi connectivity index (χ1n) is 24.9. The van der Waals surface area contributed by atoms with E-state index in [9.17, 15) is 0 Å². The Morgan fingerprint density at radius 1 is 0.657 bits per heavy atom. The second-order valence-corrected chi connectivity index (χ2v) is 19.4. The second-order valence-electron chi connectivity index (χ2n) is 19.4. The molecule has 67 heavy (non-hydrogen) atoms. The molecule has 0 amide bonds. The Balaban J connectivity index is 0.960. The molecule has 1 aromatic heterocycles. The summed E-state index contributed by atoms with van der Waals surface area (Å²) in [6.45, 7) is 4.74. The van der Waals surface area contributed by atoms with Crippen LogP contribution in [0.3, 0.4) is 0 Å². The quantitative estimate of drug-likeness (QED) is 0.148. The lowest BCUT2D eigenvalue weighted by molar-refractivity contribution is 0.562. The summed E-state index contributed by atoms with van der Waals surface area (Å²) < 4.78 is 2.51. The highest BCUT2D eigenvalue weighted by Crippen LogP contribution is 2.55. The maximum absolute atomic E-state index is 2.72. The van der Waals surface area contributed by atoms with E-state index in [2.05, 4.69) is 218 Å². The normalized spacial score (nSPS) is 22.6. The fraction of sp³-hybridized carbons (Fsp3) is 0.200.